The second kappa shape index (κ2) is 6.08. The average molecular weight is 326 g/mol. The van der Waals surface area contributed by atoms with E-state index in [-0.39, 0.29) is 17.3 Å². The van der Waals surface area contributed by atoms with Gasteiger partial charge in [0.25, 0.3) is 0 Å². The van der Waals surface area contributed by atoms with Crippen LogP contribution in [0.4, 0.5) is 0 Å². The van der Waals surface area contributed by atoms with Crippen LogP contribution in [0.15, 0.2) is 41.7 Å². The van der Waals surface area contributed by atoms with Crippen LogP contribution in [0, 0.1) is 11.8 Å². The van der Waals surface area contributed by atoms with Crippen LogP contribution in [0.25, 0.3) is 0 Å². The SMILES string of the molecule is O=C1OC(CCC2CC2)C(=O)C(O)=C1C(c1ccccc1)C1CC1. The maximum atomic E-state index is 12.6. The van der Waals surface area contributed by atoms with E-state index >= 15 is 0 Å². The molecule has 0 aromatic heterocycles. The fourth-order valence-corrected chi connectivity index (χ4v) is 3.65. The molecular formula is C20H22O4. The molecule has 2 unspecified atom stereocenters. The molecule has 1 aromatic carbocycles. The number of aliphatic hydroxyl groups is 1. The summed E-state index contributed by atoms with van der Waals surface area (Å²) in [4.78, 5) is 25.1. The molecule has 0 spiro atoms. The number of carbonyl (C=O) groups excluding carboxylic acids is 2. The number of ether oxygens (including phenoxy) is 1. The highest BCUT2D eigenvalue weighted by molar-refractivity contribution is 6.09. The fraction of sp³-hybridized carbons (Fsp3) is 0.500. The first-order chi connectivity index (χ1) is 11.6. The minimum absolute atomic E-state index is 0.163. The number of ketones is 1. The van der Waals surface area contributed by atoms with Crippen molar-refractivity contribution < 1.29 is 19.4 Å². The van der Waals surface area contributed by atoms with Crippen molar-refractivity contribution in [3.05, 3.63) is 47.2 Å². The molecule has 2 atom stereocenters. The van der Waals surface area contributed by atoms with E-state index in [1.807, 2.05) is 30.3 Å². The first-order valence-corrected chi connectivity index (χ1v) is 8.88. The van der Waals surface area contributed by atoms with Crippen molar-refractivity contribution in [3.8, 4) is 0 Å². The molecule has 0 saturated heterocycles. The number of hydrogen-bond acceptors (Lipinski definition) is 4. The molecule has 0 bridgehead atoms. The standard InChI is InChI=1S/C20H22O4/c21-18-15(11-8-12-6-7-12)24-20(23)17(19(18)22)16(14-9-10-14)13-4-2-1-3-5-13/h1-5,12,14-16,22H,6-11H2. The lowest BCUT2D eigenvalue weighted by atomic mass is 9.83. The van der Waals surface area contributed by atoms with Gasteiger partial charge in [-0.15, -0.1) is 0 Å². The Labute approximate surface area is 141 Å². The molecule has 2 saturated carbocycles. The fourth-order valence-electron chi connectivity index (χ4n) is 3.65. The number of cyclic esters (lactones) is 1. The van der Waals surface area contributed by atoms with E-state index in [2.05, 4.69) is 0 Å². The predicted octanol–water partition coefficient (Wildman–Crippen LogP) is 3.68. The van der Waals surface area contributed by atoms with Crippen molar-refractivity contribution in [3.63, 3.8) is 0 Å². The number of carbonyl (C=O) groups is 2. The van der Waals surface area contributed by atoms with E-state index in [0.717, 1.165) is 24.8 Å². The Morgan fingerprint density at radius 3 is 2.38 bits per heavy atom. The van der Waals surface area contributed by atoms with Crippen LogP contribution in [0.5, 0.6) is 0 Å². The summed E-state index contributed by atoms with van der Waals surface area (Å²) >= 11 is 0. The van der Waals surface area contributed by atoms with Gasteiger partial charge < -0.3 is 9.84 Å². The Bertz CT molecular complexity index is 683. The van der Waals surface area contributed by atoms with Crippen LogP contribution in [-0.2, 0) is 14.3 Å². The van der Waals surface area contributed by atoms with Gasteiger partial charge in [0.05, 0.1) is 5.57 Å². The summed E-state index contributed by atoms with van der Waals surface area (Å²) in [7, 11) is 0. The van der Waals surface area contributed by atoms with Gasteiger partial charge in [0.1, 0.15) is 0 Å². The summed E-state index contributed by atoms with van der Waals surface area (Å²) < 4.78 is 5.43. The van der Waals surface area contributed by atoms with Crippen LogP contribution in [0.2, 0.25) is 0 Å². The van der Waals surface area contributed by atoms with Gasteiger partial charge in [-0.3, -0.25) is 4.79 Å². The summed E-state index contributed by atoms with van der Waals surface area (Å²) in [5.74, 6) is -0.597. The van der Waals surface area contributed by atoms with Gasteiger partial charge in [0, 0.05) is 5.92 Å². The Hall–Kier alpha value is -2.10. The molecule has 4 rings (SSSR count). The monoisotopic (exact) mass is 326 g/mol. The number of hydrogen-bond donors (Lipinski definition) is 1. The highest BCUT2D eigenvalue weighted by Crippen LogP contribution is 2.48. The molecule has 2 fully saturated rings. The van der Waals surface area contributed by atoms with Gasteiger partial charge in [0.15, 0.2) is 11.9 Å². The van der Waals surface area contributed by atoms with E-state index in [4.69, 9.17) is 4.74 Å². The van der Waals surface area contributed by atoms with E-state index in [0.29, 0.717) is 18.3 Å². The molecule has 3 aliphatic rings. The smallest absolute Gasteiger partial charge is 0.339 e. The van der Waals surface area contributed by atoms with Crippen LogP contribution >= 0.6 is 0 Å². The van der Waals surface area contributed by atoms with Crippen molar-refractivity contribution in [2.75, 3.05) is 0 Å². The number of aliphatic hydroxyl groups excluding tert-OH is 1. The van der Waals surface area contributed by atoms with Crippen molar-refractivity contribution in [2.45, 2.75) is 50.5 Å². The summed E-state index contributed by atoms with van der Waals surface area (Å²) in [6.45, 7) is 0. The third-order valence-corrected chi connectivity index (χ3v) is 5.35. The van der Waals surface area contributed by atoms with E-state index < -0.39 is 17.9 Å². The first-order valence-electron chi connectivity index (χ1n) is 8.88. The highest BCUT2D eigenvalue weighted by Gasteiger charge is 2.45. The molecule has 126 valence electrons. The van der Waals surface area contributed by atoms with Gasteiger partial charge in [-0.25, -0.2) is 4.79 Å². The third kappa shape index (κ3) is 2.97. The third-order valence-electron chi connectivity index (χ3n) is 5.35. The van der Waals surface area contributed by atoms with Crippen molar-refractivity contribution in [2.24, 2.45) is 11.8 Å². The van der Waals surface area contributed by atoms with Crippen LogP contribution < -0.4 is 0 Å². The zero-order valence-corrected chi connectivity index (χ0v) is 13.6. The Kier molecular flexibility index (Phi) is 3.91. The number of benzene rings is 1. The molecule has 1 heterocycles. The number of Topliss-reactive ketones (excluding diaryl/α,β-unsaturated/α-hetero) is 1. The van der Waals surface area contributed by atoms with Crippen molar-refractivity contribution in [1.29, 1.82) is 0 Å². The lowest BCUT2D eigenvalue weighted by molar-refractivity contribution is -0.155. The topological polar surface area (TPSA) is 63.6 Å². The quantitative estimate of drug-likeness (QED) is 0.810. The molecule has 0 amide bonds. The molecule has 1 aliphatic heterocycles. The maximum Gasteiger partial charge on any atom is 0.339 e. The second-order valence-corrected chi connectivity index (χ2v) is 7.27. The summed E-state index contributed by atoms with van der Waals surface area (Å²) in [6, 6.07) is 9.63. The normalized spacial score (nSPS) is 25.6. The van der Waals surface area contributed by atoms with Crippen LogP contribution in [0.3, 0.4) is 0 Å². The summed E-state index contributed by atoms with van der Waals surface area (Å²) in [5.41, 5.74) is 1.12. The van der Waals surface area contributed by atoms with E-state index in [9.17, 15) is 14.7 Å². The van der Waals surface area contributed by atoms with Gasteiger partial charge in [-0.2, -0.15) is 0 Å². The lowest BCUT2D eigenvalue weighted by Crippen LogP contribution is -2.37. The molecule has 1 N–H and O–H groups in total. The van der Waals surface area contributed by atoms with Gasteiger partial charge in [-0.1, -0.05) is 43.2 Å². The molecule has 4 nitrogen and oxygen atoms in total. The van der Waals surface area contributed by atoms with E-state index in [1.165, 1.54) is 12.8 Å². The molecule has 0 radical (unpaired) electrons. The average Bonchev–Trinajstić information content (AvgIpc) is 3.47. The summed E-state index contributed by atoms with van der Waals surface area (Å²) in [6.07, 6.45) is 4.99. The highest BCUT2D eigenvalue weighted by atomic mass is 16.6. The van der Waals surface area contributed by atoms with Gasteiger partial charge in [0.2, 0.25) is 5.78 Å². The van der Waals surface area contributed by atoms with Gasteiger partial charge in [-0.05, 0) is 43.1 Å². The Balaban J connectivity index is 1.62. The van der Waals surface area contributed by atoms with Gasteiger partial charge >= 0.3 is 5.97 Å². The summed E-state index contributed by atoms with van der Waals surface area (Å²) in [5, 5.41) is 10.5. The molecule has 1 aromatic rings. The lowest BCUT2D eigenvalue weighted by Gasteiger charge is -2.27. The zero-order valence-electron chi connectivity index (χ0n) is 13.6. The van der Waals surface area contributed by atoms with Crippen molar-refractivity contribution in [1.82, 2.24) is 0 Å². The molecule has 4 heteroatoms. The maximum absolute atomic E-state index is 12.6. The van der Waals surface area contributed by atoms with Crippen LogP contribution in [-0.4, -0.2) is 23.0 Å². The molecular weight excluding hydrogens is 304 g/mol. The minimum Gasteiger partial charge on any atom is -0.504 e. The zero-order chi connectivity index (χ0) is 16.7. The first kappa shape index (κ1) is 15.4. The molecule has 2 aliphatic carbocycles. The Morgan fingerprint density at radius 2 is 1.75 bits per heavy atom. The Morgan fingerprint density at radius 1 is 1.04 bits per heavy atom. The van der Waals surface area contributed by atoms with Crippen molar-refractivity contribution >= 4 is 11.8 Å². The number of esters is 1. The largest absolute Gasteiger partial charge is 0.504 e. The second-order valence-electron chi connectivity index (χ2n) is 7.27. The number of rotatable bonds is 6. The van der Waals surface area contributed by atoms with E-state index in [1.54, 1.807) is 0 Å². The minimum atomic E-state index is -0.808. The predicted molar refractivity (Wildman–Crippen MR) is 88.4 cm³/mol. The van der Waals surface area contributed by atoms with Crippen LogP contribution in [0.1, 0.15) is 50.0 Å². The molecule has 24 heavy (non-hydrogen) atoms.